The average Bonchev–Trinajstić information content (AvgIpc) is 3.23. The van der Waals surface area contributed by atoms with Gasteiger partial charge in [-0.3, -0.25) is 4.79 Å². The van der Waals surface area contributed by atoms with Gasteiger partial charge in [0.25, 0.3) is 5.56 Å². The Morgan fingerprint density at radius 1 is 1.12 bits per heavy atom. The number of halogens is 1. The number of nitrogens with one attached hydrogen (secondary N) is 1. The van der Waals surface area contributed by atoms with Crippen molar-refractivity contribution in [2.24, 2.45) is 0 Å². The second-order valence-electron chi connectivity index (χ2n) is 8.02. The van der Waals surface area contributed by atoms with Crippen LogP contribution in [0.2, 0.25) is 0 Å². The summed E-state index contributed by atoms with van der Waals surface area (Å²) in [4.78, 5) is 19.9. The molecule has 2 aromatic heterocycles. The van der Waals surface area contributed by atoms with Gasteiger partial charge < -0.3 is 4.98 Å². The number of fused-ring (bicyclic) bond motifs is 1. The third-order valence-electron chi connectivity index (χ3n) is 5.77. The highest BCUT2D eigenvalue weighted by Gasteiger charge is 2.32. The van der Waals surface area contributed by atoms with Crippen LogP contribution in [0.5, 0.6) is 0 Å². The van der Waals surface area contributed by atoms with E-state index in [0.29, 0.717) is 37.4 Å². The number of rotatable bonds is 5. The van der Waals surface area contributed by atoms with E-state index in [0.717, 1.165) is 11.6 Å². The number of hydrogen-bond donors (Lipinski definition) is 1. The second-order valence-corrected chi connectivity index (χ2v) is 9.95. The molecule has 1 aliphatic heterocycles. The van der Waals surface area contributed by atoms with Crippen LogP contribution in [0.1, 0.15) is 30.1 Å². The normalized spacial score (nSPS) is 17.4. The van der Waals surface area contributed by atoms with Gasteiger partial charge in [0.05, 0.1) is 11.4 Å². The van der Waals surface area contributed by atoms with E-state index in [4.69, 9.17) is 0 Å². The first-order valence-electron chi connectivity index (χ1n) is 10.5. The van der Waals surface area contributed by atoms with Crippen molar-refractivity contribution in [1.29, 1.82) is 0 Å². The summed E-state index contributed by atoms with van der Waals surface area (Å²) in [6, 6.07) is 14.6. The van der Waals surface area contributed by atoms with Gasteiger partial charge in [0, 0.05) is 19.0 Å². The Hall–Kier alpha value is -3.44. The Balaban J connectivity index is 1.46. The van der Waals surface area contributed by atoms with Gasteiger partial charge in [-0.25, -0.2) is 22.5 Å². The molecule has 5 rings (SSSR count). The van der Waals surface area contributed by atoms with Gasteiger partial charge >= 0.3 is 0 Å². The molecule has 33 heavy (non-hydrogen) atoms. The van der Waals surface area contributed by atoms with Gasteiger partial charge in [0.1, 0.15) is 11.6 Å². The van der Waals surface area contributed by atoms with E-state index in [-0.39, 0.29) is 22.9 Å². The molecule has 4 aromatic rings. The number of benzene rings is 2. The standard InChI is InChI=1S/C22H21FN6O3S/c23-17-9-4-10-18(12-17)33(31,32)28-11-5-8-16(14-28)20-24-21-19(22(30)25-20)26-27-29(21)13-15-6-2-1-3-7-15/h1-4,6-7,9-10,12,16H,5,8,11,13-14H2,(H,24,25,30). The molecule has 3 heterocycles. The van der Waals surface area contributed by atoms with Crippen molar-refractivity contribution in [1.82, 2.24) is 29.3 Å². The molecule has 1 unspecified atom stereocenters. The first kappa shape index (κ1) is 21.4. The number of H-pyrrole nitrogens is 1. The van der Waals surface area contributed by atoms with Crippen LogP contribution in [0.15, 0.2) is 64.3 Å². The monoisotopic (exact) mass is 468 g/mol. The lowest BCUT2D eigenvalue weighted by Crippen LogP contribution is -2.39. The third-order valence-corrected chi connectivity index (χ3v) is 7.63. The predicted octanol–water partition coefficient (Wildman–Crippen LogP) is 2.27. The molecule has 2 aromatic carbocycles. The molecule has 0 radical (unpaired) electrons. The van der Waals surface area contributed by atoms with Crippen molar-refractivity contribution in [2.75, 3.05) is 13.1 Å². The minimum absolute atomic E-state index is 0.0924. The van der Waals surface area contributed by atoms with Gasteiger partial charge in [0.2, 0.25) is 10.0 Å². The van der Waals surface area contributed by atoms with Crippen molar-refractivity contribution < 1.29 is 12.8 Å². The quantitative estimate of drug-likeness (QED) is 0.481. The zero-order chi connectivity index (χ0) is 23.0. The number of aromatic nitrogens is 5. The highest BCUT2D eigenvalue weighted by Crippen LogP contribution is 2.29. The lowest BCUT2D eigenvalue weighted by atomic mass is 9.99. The van der Waals surface area contributed by atoms with Crippen molar-refractivity contribution >= 4 is 21.2 Å². The molecule has 1 atom stereocenters. The summed E-state index contributed by atoms with van der Waals surface area (Å²) in [5.74, 6) is -0.539. The molecule has 1 fully saturated rings. The van der Waals surface area contributed by atoms with Gasteiger partial charge in [-0.1, -0.05) is 41.6 Å². The maximum absolute atomic E-state index is 13.6. The molecule has 0 bridgehead atoms. The van der Waals surface area contributed by atoms with Gasteiger partial charge in [-0.2, -0.15) is 4.31 Å². The minimum Gasteiger partial charge on any atom is -0.308 e. The fourth-order valence-electron chi connectivity index (χ4n) is 4.10. The van der Waals surface area contributed by atoms with Crippen LogP contribution in [0.3, 0.4) is 0 Å². The summed E-state index contributed by atoms with van der Waals surface area (Å²) in [6.45, 7) is 0.848. The van der Waals surface area contributed by atoms with E-state index >= 15 is 0 Å². The number of piperidine rings is 1. The second kappa shape index (κ2) is 8.49. The molecule has 1 N–H and O–H groups in total. The molecule has 1 saturated heterocycles. The molecule has 0 aliphatic carbocycles. The molecular weight excluding hydrogens is 447 g/mol. The Morgan fingerprint density at radius 2 is 1.94 bits per heavy atom. The minimum atomic E-state index is -3.87. The van der Waals surface area contributed by atoms with Crippen LogP contribution in [-0.4, -0.2) is 50.8 Å². The maximum atomic E-state index is 13.6. The molecule has 0 spiro atoms. The number of aromatic amines is 1. The summed E-state index contributed by atoms with van der Waals surface area (Å²) in [7, 11) is -3.87. The largest absolute Gasteiger partial charge is 0.308 e. The fourth-order valence-corrected chi connectivity index (χ4v) is 5.66. The highest BCUT2D eigenvalue weighted by molar-refractivity contribution is 7.89. The Morgan fingerprint density at radius 3 is 2.73 bits per heavy atom. The van der Waals surface area contributed by atoms with E-state index in [1.165, 1.54) is 22.5 Å². The Labute approximate surface area is 188 Å². The summed E-state index contributed by atoms with van der Waals surface area (Å²) >= 11 is 0. The molecule has 11 heteroatoms. The lowest BCUT2D eigenvalue weighted by molar-refractivity contribution is 0.309. The molecule has 0 saturated carbocycles. The van der Waals surface area contributed by atoms with Crippen LogP contribution in [-0.2, 0) is 16.6 Å². The fraction of sp³-hybridized carbons (Fsp3) is 0.273. The van der Waals surface area contributed by atoms with E-state index in [1.54, 1.807) is 4.68 Å². The van der Waals surface area contributed by atoms with Crippen molar-refractivity contribution in [3.8, 4) is 0 Å². The Bertz CT molecular complexity index is 1470. The molecular formula is C22H21FN6O3S. The molecule has 9 nitrogen and oxygen atoms in total. The highest BCUT2D eigenvalue weighted by atomic mass is 32.2. The van der Waals surface area contributed by atoms with Crippen molar-refractivity contribution in [3.63, 3.8) is 0 Å². The van der Waals surface area contributed by atoms with Crippen LogP contribution < -0.4 is 5.56 Å². The Kier molecular flexibility index (Phi) is 5.51. The summed E-state index contributed by atoms with van der Waals surface area (Å²) in [6.07, 6.45) is 1.24. The number of nitrogens with zero attached hydrogens (tertiary/aromatic N) is 5. The predicted molar refractivity (Wildman–Crippen MR) is 119 cm³/mol. The molecule has 1 aliphatic rings. The van der Waals surface area contributed by atoms with E-state index in [2.05, 4.69) is 20.3 Å². The zero-order valence-corrected chi connectivity index (χ0v) is 18.4. The van der Waals surface area contributed by atoms with Crippen molar-refractivity contribution in [3.05, 3.63) is 82.2 Å². The SMILES string of the molecule is O=c1[nH]c(C2CCCN(S(=O)(=O)c3cccc(F)c3)C2)nc2c1nnn2Cc1ccccc1. The first-order valence-corrected chi connectivity index (χ1v) is 12.0. The first-order chi connectivity index (χ1) is 15.9. The zero-order valence-electron chi connectivity index (χ0n) is 17.6. The van der Waals surface area contributed by atoms with Crippen LogP contribution in [0.4, 0.5) is 4.39 Å². The van der Waals surface area contributed by atoms with E-state index in [1.807, 2.05) is 30.3 Å². The smallest absolute Gasteiger partial charge is 0.281 e. The third kappa shape index (κ3) is 4.16. The lowest BCUT2D eigenvalue weighted by Gasteiger charge is -2.31. The van der Waals surface area contributed by atoms with Crippen molar-refractivity contribution in [2.45, 2.75) is 30.2 Å². The summed E-state index contributed by atoms with van der Waals surface area (Å²) in [5.41, 5.74) is 1.05. The van der Waals surface area contributed by atoms with Gasteiger partial charge in [-0.05, 0) is 36.6 Å². The average molecular weight is 469 g/mol. The summed E-state index contributed by atoms with van der Waals surface area (Å²) < 4.78 is 42.6. The number of sulfonamides is 1. The topological polar surface area (TPSA) is 114 Å². The summed E-state index contributed by atoms with van der Waals surface area (Å²) in [5, 5.41) is 8.05. The van der Waals surface area contributed by atoms with Crippen LogP contribution >= 0.6 is 0 Å². The molecule has 170 valence electrons. The number of hydrogen-bond acceptors (Lipinski definition) is 6. The van der Waals surface area contributed by atoms with Gasteiger partial charge in [0.15, 0.2) is 11.2 Å². The van der Waals surface area contributed by atoms with E-state index in [9.17, 15) is 17.6 Å². The van der Waals surface area contributed by atoms with Crippen LogP contribution in [0, 0.1) is 5.82 Å². The molecule has 0 amide bonds. The van der Waals surface area contributed by atoms with E-state index < -0.39 is 21.4 Å². The van der Waals surface area contributed by atoms with Gasteiger partial charge in [-0.15, -0.1) is 5.10 Å². The van der Waals surface area contributed by atoms with Crippen LogP contribution in [0.25, 0.3) is 11.2 Å². The maximum Gasteiger partial charge on any atom is 0.281 e.